The van der Waals surface area contributed by atoms with Crippen LogP contribution >= 0.6 is 12.2 Å². The highest BCUT2D eigenvalue weighted by molar-refractivity contribution is 7.80. The Labute approximate surface area is 108 Å². The van der Waals surface area contributed by atoms with Gasteiger partial charge in [0.05, 0.1) is 11.6 Å². The zero-order chi connectivity index (χ0) is 12.7. The van der Waals surface area contributed by atoms with Crippen LogP contribution in [-0.2, 0) is 11.3 Å². The first-order valence-electron chi connectivity index (χ1n) is 5.62. The maximum Gasteiger partial charge on any atom is 0.259 e. The van der Waals surface area contributed by atoms with Gasteiger partial charge in [-0.05, 0) is 32.1 Å². The van der Waals surface area contributed by atoms with Crippen molar-refractivity contribution in [1.29, 1.82) is 5.26 Å². The van der Waals surface area contributed by atoms with E-state index in [9.17, 15) is 0 Å². The third-order valence-corrected chi connectivity index (χ3v) is 2.89. The number of ether oxygens (including phenoxy) is 1. The predicted octanol–water partition coefficient (Wildman–Crippen LogP) is 2.70. The summed E-state index contributed by atoms with van der Waals surface area (Å²) in [5.74, 6) is 0. The van der Waals surface area contributed by atoms with Crippen molar-refractivity contribution in [3.05, 3.63) is 35.4 Å². The molecule has 0 aromatic heterocycles. The van der Waals surface area contributed by atoms with Crippen LogP contribution < -0.4 is 0 Å². The molecule has 0 bridgehead atoms. The first kappa shape index (κ1) is 13.5. The van der Waals surface area contributed by atoms with Crippen molar-refractivity contribution >= 4 is 17.4 Å². The van der Waals surface area contributed by atoms with Crippen molar-refractivity contribution < 1.29 is 4.74 Å². The Morgan fingerprint density at radius 3 is 2.59 bits per heavy atom. The highest BCUT2D eigenvalue weighted by Crippen LogP contribution is 2.09. The molecule has 17 heavy (non-hydrogen) atoms. The summed E-state index contributed by atoms with van der Waals surface area (Å²) in [7, 11) is 0. The minimum atomic E-state index is 0.346. The van der Waals surface area contributed by atoms with Gasteiger partial charge in [-0.2, -0.15) is 5.26 Å². The molecule has 1 aromatic carbocycles. The summed E-state index contributed by atoms with van der Waals surface area (Å²) in [6.45, 7) is 6.06. The van der Waals surface area contributed by atoms with E-state index in [1.54, 1.807) is 6.07 Å². The highest BCUT2D eigenvalue weighted by atomic mass is 32.1. The van der Waals surface area contributed by atoms with Crippen LogP contribution in [0.5, 0.6) is 0 Å². The highest BCUT2D eigenvalue weighted by Gasteiger charge is 2.07. The van der Waals surface area contributed by atoms with Crippen LogP contribution in [0.25, 0.3) is 0 Å². The second kappa shape index (κ2) is 6.87. The van der Waals surface area contributed by atoms with E-state index in [0.29, 0.717) is 17.3 Å². The third kappa shape index (κ3) is 3.72. The Bertz CT molecular complexity index is 422. The molecule has 0 unspecified atom stereocenters. The lowest BCUT2D eigenvalue weighted by atomic mass is 10.1. The van der Waals surface area contributed by atoms with Crippen LogP contribution in [-0.4, -0.2) is 23.2 Å². The number of thiocarbonyl (C=S) groups is 1. The molecule has 0 aliphatic heterocycles. The summed E-state index contributed by atoms with van der Waals surface area (Å²) in [5.41, 5.74) is 1.50. The first-order chi connectivity index (χ1) is 8.22. The Kier molecular flexibility index (Phi) is 5.44. The van der Waals surface area contributed by atoms with Crippen molar-refractivity contribution in [2.24, 2.45) is 0 Å². The lowest BCUT2D eigenvalue weighted by Crippen LogP contribution is -2.30. The second-order valence-electron chi connectivity index (χ2n) is 3.50. The topological polar surface area (TPSA) is 36.3 Å². The van der Waals surface area contributed by atoms with Gasteiger partial charge in [0.15, 0.2) is 0 Å². The van der Waals surface area contributed by atoms with Crippen molar-refractivity contribution in [2.45, 2.75) is 20.5 Å². The summed E-state index contributed by atoms with van der Waals surface area (Å²) in [6.07, 6.45) is 0. The number of nitriles is 1. The smallest absolute Gasteiger partial charge is 0.259 e. The van der Waals surface area contributed by atoms with Gasteiger partial charge in [-0.15, -0.1) is 0 Å². The molecule has 0 fully saturated rings. The van der Waals surface area contributed by atoms with Gasteiger partial charge < -0.3 is 9.64 Å². The molecule has 0 aliphatic rings. The molecule has 3 nitrogen and oxygen atoms in total. The van der Waals surface area contributed by atoms with E-state index in [1.165, 1.54) is 0 Å². The molecule has 0 aliphatic carbocycles. The van der Waals surface area contributed by atoms with Gasteiger partial charge in [0, 0.05) is 18.7 Å². The van der Waals surface area contributed by atoms with E-state index in [1.807, 2.05) is 36.9 Å². The van der Waals surface area contributed by atoms with Crippen molar-refractivity contribution in [3.63, 3.8) is 0 Å². The number of benzene rings is 1. The van der Waals surface area contributed by atoms with E-state index in [2.05, 4.69) is 6.07 Å². The molecule has 0 heterocycles. The maximum atomic E-state index is 8.94. The van der Waals surface area contributed by atoms with Gasteiger partial charge in [-0.3, -0.25) is 0 Å². The normalized spacial score (nSPS) is 9.47. The number of rotatable bonds is 4. The summed E-state index contributed by atoms with van der Waals surface area (Å²) in [4.78, 5) is 1.96. The fourth-order valence-corrected chi connectivity index (χ4v) is 1.78. The average molecular weight is 248 g/mol. The number of nitrogens with zero attached hydrogens (tertiary/aromatic N) is 2. The Morgan fingerprint density at radius 1 is 1.35 bits per heavy atom. The maximum absolute atomic E-state index is 8.94. The monoisotopic (exact) mass is 248 g/mol. The second-order valence-corrected chi connectivity index (χ2v) is 3.85. The van der Waals surface area contributed by atoms with Gasteiger partial charge in [-0.1, -0.05) is 18.2 Å². The minimum absolute atomic E-state index is 0.346. The Balaban J connectivity index is 2.62. The SMILES string of the molecule is CCN(CC)C(=S)OCc1ccccc1C#N. The van der Waals surface area contributed by atoms with E-state index in [0.717, 1.165) is 18.7 Å². The van der Waals surface area contributed by atoms with E-state index in [-0.39, 0.29) is 0 Å². The Hall–Kier alpha value is -1.60. The van der Waals surface area contributed by atoms with Crippen LogP contribution in [0.1, 0.15) is 25.0 Å². The molecule has 0 amide bonds. The molecule has 0 N–H and O–H groups in total. The van der Waals surface area contributed by atoms with Crippen LogP contribution in [0.15, 0.2) is 24.3 Å². The molecule has 90 valence electrons. The standard InChI is InChI=1S/C13H16N2OS/c1-3-15(4-2)13(17)16-10-12-8-6-5-7-11(12)9-14/h5-8H,3-4,10H2,1-2H3. The summed E-state index contributed by atoms with van der Waals surface area (Å²) < 4.78 is 5.52. The lowest BCUT2D eigenvalue weighted by Gasteiger charge is -2.21. The van der Waals surface area contributed by atoms with Crippen LogP contribution in [0.3, 0.4) is 0 Å². The van der Waals surface area contributed by atoms with Crippen LogP contribution in [0.4, 0.5) is 0 Å². The first-order valence-corrected chi connectivity index (χ1v) is 6.03. The zero-order valence-corrected chi connectivity index (χ0v) is 11.0. The molecule has 4 heteroatoms. The van der Waals surface area contributed by atoms with E-state index >= 15 is 0 Å². The van der Waals surface area contributed by atoms with Crippen LogP contribution in [0, 0.1) is 11.3 Å². The molecule has 1 rings (SSSR count). The summed E-state index contributed by atoms with van der Waals surface area (Å²) in [5, 5.41) is 9.43. The fraction of sp³-hybridized carbons (Fsp3) is 0.385. The minimum Gasteiger partial charge on any atom is -0.466 e. The number of hydrogen-bond acceptors (Lipinski definition) is 3. The van der Waals surface area contributed by atoms with Crippen LogP contribution in [0.2, 0.25) is 0 Å². The largest absolute Gasteiger partial charge is 0.466 e. The molecule has 0 saturated carbocycles. The van der Waals surface area contributed by atoms with Gasteiger partial charge >= 0.3 is 0 Å². The summed E-state index contributed by atoms with van der Waals surface area (Å²) in [6, 6.07) is 9.52. The van der Waals surface area contributed by atoms with Gasteiger partial charge in [0.25, 0.3) is 5.17 Å². The number of hydrogen-bond donors (Lipinski definition) is 0. The van der Waals surface area contributed by atoms with E-state index in [4.69, 9.17) is 22.2 Å². The fourth-order valence-electron chi connectivity index (χ4n) is 1.47. The predicted molar refractivity (Wildman–Crippen MR) is 71.5 cm³/mol. The van der Waals surface area contributed by atoms with E-state index < -0.39 is 0 Å². The molecule has 0 spiro atoms. The van der Waals surface area contributed by atoms with Crippen molar-refractivity contribution in [1.82, 2.24) is 4.90 Å². The van der Waals surface area contributed by atoms with Gasteiger partial charge in [0.1, 0.15) is 6.61 Å². The average Bonchev–Trinajstić information content (AvgIpc) is 2.38. The zero-order valence-electron chi connectivity index (χ0n) is 10.1. The van der Waals surface area contributed by atoms with Gasteiger partial charge in [0.2, 0.25) is 0 Å². The molecule has 0 atom stereocenters. The molecule has 1 aromatic rings. The molecular weight excluding hydrogens is 232 g/mol. The summed E-state index contributed by atoms with van der Waals surface area (Å²) >= 11 is 5.17. The van der Waals surface area contributed by atoms with Crippen molar-refractivity contribution in [3.8, 4) is 6.07 Å². The van der Waals surface area contributed by atoms with Gasteiger partial charge in [-0.25, -0.2) is 0 Å². The quantitative estimate of drug-likeness (QED) is 0.768. The van der Waals surface area contributed by atoms with Crippen molar-refractivity contribution in [2.75, 3.05) is 13.1 Å². The Morgan fingerprint density at radius 2 is 2.00 bits per heavy atom. The molecule has 0 radical (unpaired) electrons. The molecule has 0 saturated heterocycles. The lowest BCUT2D eigenvalue weighted by molar-refractivity contribution is 0.238. The third-order valence-electron chi connectivity index (χ3n) is 2.51. The molecular formula is C13H16N2OS.